The Balaban J connectivity index is 2.52. The Morgan fingerprint density at radius 1 is 1.38 bits per heavy atom. The number of aliphatic carboxylic acids is 1. The molecule has 1 N–H and O–H groups in total. The lowest BCUT2D eigenvalue weighted by atomic mass is 10.0. The van der Waals surface area contributed by atoms with Gasteiger partial charge in [-0.2, -0.15) is 0 Å². The van der Waals surface area contributed by atoms with Crippen molar-refractivity contribution in [2.45, 2.75) is 20.3 Å². The molecule has 1 rings (SSSR count). The number of hydrogen-bond donors (Lipinski definition) is 1. The van der Waals surface area contributed by atoms with Gasteiger partial charge in [-0.3, -0.25) is 0 Å². The highest BCUT2D eigenvalue weighted by molar-refractivity contribution is 5.67. The molecule has 0 spiro atoms. The largest absolute Gasteiger partial charge is 0.480 e. The van der Waals surface area contributed by atoms with Crippen LogP contribution in [0.4, 0.5) is 4.39 Å². The van der Waals surface area contributed by atoms with E-state index >= 15 is 0 Å². The van der Waals surface area contributed by atoms with E-state index in [1.807, 2.05) is 0 Å². The summed E-state index contributed by atoms with van der Waals surface area (Å²) in [6, 6.07) is 3.51. The van der Waals surface area contributed by atoms with Gasteiger partial charge in [-0.25, -0.2) is 9.18 Å². The maximum Gasteiger partial charge on any atom is 0.329 e. The third-order valence-corrected chi connectivity index (χ3v) is 2.26. The molecular formula is C12H15FO3. The maximum absolute atomic E-state index is 13.3. The number of halogens is 1. The van der Waals surface area contributed by atoms with E-state index in [2.05, 4.69) is 0 Å². The van der Waals surface area contributed by atoms with Crippen LogP contribution in [0.3, 0.4) is 0 Å². The fourth-order valence-electron chi connectivity index (χ4n) is 1.53. The molecule has 16 heavy (non-hydrogen) atoms. The quantitative estimate of drug-likeness (QED) is 0.782. The van der Waals surface area contributed by atoms with Crippen LogP contribution < -0.4 is 0 Å². The molecule has 0 unspecified atom stereocenters. The summed E-state index contributed by atoms with van der Waals surface area (Å²) >= 11 is 0. The Labute approximate surface area is 93.9 Å². The van der Waals surface area contributed by atoms with Crippen LogP contribution in [-0.2, 0) is 16.0 Å². The van der Waals surface area contributed by atoms with Crippen molar-refractivity contribution in [2.75, 3.05) is 13.2 Å². The number of carboxylic acids is 1. The third-order valence-electron chi connectivity index (χ3n) is 2.26. The zero-order valence-electron chi connectivity index (χ0n) is 9.42. The molecule has 0 amide bonds. The van der Waals surface area contributed by atoms with E-state index in [1.54, 1.807) is 26.0 Å². The highest BCUT2D eigenvalue weighted by Gasteiger charge is 2.04. The normalized spacial score (nSPS) is 10.4. The Morgan fingerprint density at radius 3 is 2.44 bits per heavy atom. The molecule has 0 bridgehead atoms. The van der Waals surface area contributed by atoms with Crippen LogP contribution >= 0.6 is 0 Å². The lowest BCUT2D eigenvalue weighted by molar-refractivity contribution is -0.142. The van der Waals surface area contributed by atoms with Crippen molar-refractivity contribution in [1.82, 2.24) is 0 Å². The van der Waals surface area contributed by atoms with Crippen LogP contribution in [0.15, 0.2) is 12.1 Å². The van der Waals surface area contributed by atoms with E-state index in [0.29, 0.717) is 24.2 Å². The van der Waals surface area contributed by atoms with Crippen molar-refractivity contribution in [3.8, 4) is 0 Å². The summed E-state index contributed by atoms with van der Waals surface area (Å²) in [5, 5.41) is 8.36. The number of rotatable bonds is 5. The molecule has 0 aromatic heterocycles. The van der Waals surface area contributed by atoms with Crippen molar-refractivity contribution in [1.29, 1.82) is 0 Å². The van der Waals surface area contributed by atoms with Crippen LogP contribution in [0.25, 0.3) is 0 Å². The molecule has 1 aromatic carbocycles. The standard InChI is InChI=1S/C12H15FO3/c1-8-5-10(6-9(2)12(8)13)3-4-16-7-11(14)15/h5-6H,3-4,7H2,1-2H3,(H,14,15). The number of benzene rings is 1. The summed E-state index contributed by atoms with van der Waals surface area (Å²) < 4.78 is 18.2. The number of carbonyl (C=O) groups is 1. The zero-order valence-corrected chi connectivity index (χ0v) is 9.42. The summed E-state index contributed by atoms with van der Waals surface area (Å²) in [6.45, 7) is 3.46. The number of aryl methyl sites for hydroxylation is 2. The van der Waals surface area contributed by atoms with Crippen molar-refractivity contribution in [3.63, 3.8) is 0 Å². The van der Waals surface area contributed by atoms with Crippen LogP contribution in [-0.4, -0.2) is 24.3 Å². The van der Waals surface area contributed by atoms with Crippen molar-refractivity contribution >= 4 is 5.97 Å². The van der Waals surface area contributed by atoms with E-state index in [0.717, 1.165) is 5.56 Å². The number of ether oxygens (including phenoxy) is 1. The smallest absolute Gasteiger partial charge is 0.329 e. The molecular weight excluding hydrogens is 211 g/mol. The van der Waals surface area contributed by atoms with Crippen molar-refractivity contribution in [2.24, 2.45) is 0 Å². The minimum absolute atomic E-state index is 0.185. The van der Waals surface area contributed by atoms with Gasteiger partial charge < -0.3 is 9.84 Å². The summed E-state index contributed by atoms with van der Waals surface area (Å²) in [5.74, 6) is -1.17. The number of hydrogen-bond acceptors (Lipinski definition) is 2. The van der Waals surface area contributed by atoms with Crippen molar-refractivity contribution in [3.05, 3.63) is 34.6 Å². The second kappa shape index (κ2) is 5.61. The van der Waals surface area contributed by atoms with Gasteiger partial charge in [0.2, 0.25) is 0 Å². The van der Waals surface area contributed by atoms with E-state index in [-0.39, 0.29) is 12.4 Å². The van der Waals surface area contributed by atoms with E-state index < -0.39 is 5.97 Å². The van der Waals surface area contributed by atoms with Crippen LogP contribution in [0, 0.1) is 19.7 Å². The van der Waals surface area contributed by atoms with Crippen LogP contribution in [0.5, 0.6) is 0 Å². The average molecular weight is 226 g/mol. The number of carboxylic acid groups (broad SMARTS) is 1. The maximum atomic E-state index is 13.3. The second-order valence-corrected chi connectivity index (χ2v) is 3.74. The Bertz CT molecular complexity index is 365. The molecule has 88 valence electrons. The minimum Gasteiger partial charge on any atom is -0.480 e. The van der Waals surface area contributed by atoms with Crippen LogP contribution in [0.2, 0.25) is 0 Å². The van der Waals surface area contributed by atoms with Gasteiger partial charge in [-0.15, -0.1) is 0 Å². The molecule has 1 aromatic rings. The fourth-order valence-corrected chi connectivity index (χ4v) is 1.53. The molecule has 0 atom stereocenters. The molecule has 0 saturated heterocycles. The summed E-state index contributed by atoms with van der Waals surface area (Å²) in [5.41, 5.74) is 2.17. The Morgan fingerprint density at radius 2 is 1.94 bits per heavy atom. The van der Waals surface area contributed by atoms with E-state index in [1.165, 1.54) is 0 Å². The zero-order chi connectivity index (χ0) is 12.1. The molecule has 4 heteroatoms. The highest BCUT2D eigenvalue weighted by Crippen LogP contribution is 2.15. The topological polar surface area (TPSA) is 46.5 Å². The Kier molecular flexibility index (Phi) is 4.43. The highest BCUT2D eigenvalue weighted by atomic mass is 19.1. The fraction of sp³-hybridized carbons (Fsp3) is 0.417. The lowest BCUT2D eigenvalue weighted by Gasteiger charge is -2.06. The van der Waals surface area contributed by atoms with Crippen LogP contribution in [0.1, 0.15) is 16.7 Å². The van der Waals surface area contributed by atoms with Gasteiger partial charge in [-0.1, -0.05) is 12.1 Å². The first kappa shape index (κ1) is 12.6. The predicted octanol–water partition coefficient (Wildman–Crippen LogP) is 2.09. The summed E-state index contributed by atoms with van der Waals surface area (Å²) in [7, 11) is 0. The predicted molar refractivity (Wildman–Crippen MR) is 58.0 cm³/mol. The van der Waals surface area contributed by atoms with Gasteiger partial charge >= 0.3 is 5.97 Å². The summed E-state index contributed by atoms with van der Waals surface area (Å²) in [4.78, 5) is 10.2. The minimum atomic E-state index is -0.980. The van der Waals surface area contributed by atoms with E-state index in [4.69, 9.17) is 9.84 Å². The van der Waals surface area contributed by atoms with Gasteiger partial charge in [0, 0.05) is 0 Å². The van der Waals surface area contributed by atoms with Gasteiger partial charge in [0.1, 0.15) is 12.4 Å². The monoisotopic (exact) mass is 226 g/mol. The molecule has 0 fully saturated rings. The first-order valence-corrected chi connectivity index (χ1v) is 5.06. The molecule has 0 heterocycles. The molecule has 0 aliphatic carbocycles. The SMILES string of the molecule is Cc1cc(CCOCC(=O)O)cc(C)c1F. The molecule has 0 aliphatic rings. The third kappa shape index (κ3) is 3.62. The second-order valence-electron chi connectivity index (χ2n) is 3.74. The summed E-state index contributed by atoms with van der Waals surface area (Å²) in [6.07, 6.45) is 0.592. The first-order valence-electron chi connectivity index (χ1n) is 5.06. The van der Waals surface area contributed by atoms with Gasteiger partial charge in [-0.05, 0) is 37.0 Å². The molecule has 0 aliphatic heterocycles. The molecule has 0 saturated carbocycles. The van der Waals surface area contributed by atoms with E-state index in [9.17, 15) is 9.18 Å². The lowest BCUT2D eigenvalue weighted by Crippen LogP contribution is -2.09. The average Bonchev–Trinajstić information content (AvgIpc) is 2.20. The first-order chi connectivity index (χ1) is 7.50. The van der Waals surface area contributed by atoms with Gasteiger partial charge in [0.05, 0.1) is 6.61 Å². The molecule has 0 radical (unpaired) electrons. The van der Waals surface area contributed by atoms with Gasteiger partial charge in [0.15, 0.2) is 0 Å². The Hall–Kier alpha value is -1.42. The van der Waals surface area contributed by atoms with Crippen molar-refractivity contribution < 1.29 is 19.0 Å². The molecule has 3 nitrogen and oxygen atoms in total. The van der Waals surface area contributed by atoms with Gasteiger partial charge in [0.25, 0.3) is 0 Å².